The van der Waals surface area contributed by atoms with Crippen molar-refractivity contribution in [3.8, 4) is 11.1 Å². The van der Waals surface area contributed by atoms with E-state index < -0.39 is 0 Å². The summed E-state index contributed by atoms with van der Waals surface area (Å²) < 4.78 is 22.8. The first-order chi connectivity index (χ1) is 13.5. The summed E-state index contributed by atoms with van der Waals surface area (Å²) in [5, 5.41) is 0. The topological polar surface area (TPSA) is 36.9 Å². The Balaban J connectivity index is 1.76. The van der Waals surface area contributed by atoms with Gasteiger partial charge in [-0.15, -0.1) is 0 Å². The van der Waals surface area contributed by atoms with Crippen molar-refractivity contribution in [1.82, 2.24) is 0 Å². The quantitative estimate of drug-likeness (QED) is 0.750. The lowest BCUT2D eigenvalue weighted by Crippen LogP contribution is -2.32. The number of rotatable bonds is 5. The minimum Gasteiger partial charge on any atom is -0.405 e. The second kappa shape index (κ2) is 8.42. The molecule has 0 bridgehead atoms. The molecule has 0 N–H and O–H groups in total. The van der Waals surface area contributed by atoms with Crippen LogP contribution in [0.5, 0.6) is 0 Å². The van der Waals surface area contributed by atoms with E-state index in [4.69, 9.17) is 18.6 Å². The minimum absolute atomic E-state index is 0.241. The molecular formula is C22H28B2O4. The molecular weight excluding hydrogens is 350 g/mol. The Kier molecular flexibility index (Phi) is 5.93. The van der Waals surface area contributed by atoms with E-state index in [9.17, 15) is 0 Å². The Morgan fingerprint density at radius 3 is 1.29 bits per heavy atom. The van der Waals surface area contributed by atoms with Gasteiger partial charge in [0.15, 0.2) is 0 Å². The molecule has 2 fully saturated rings. The van der Waals surface area contributed by atoms with Crippen LogP contribution >= 0.6 is 0 Å². The second-order valence-corrected chi connectivity index (χ2v) is 8.15. The third-order valence-corrected chi connectivity index (χ3v) is 5.47. The lowest BCUT2D eigenvalue weighted by atomic mass is 9.74. The maximum atomic E-state index is 5.70. The van der Waals surface area contributed by atoms with Crippen molar-refractivity contribution in [2.45, 2.75) is 39.5 Å². The number of hydrogen-bond donors (Lipinski definition) is 0. The zero-order chi connectivity index (χ0) is 19.7. The van der Waals surface area contributed by atoms with E-state index in [0.29, 0.717) is 38.3 Å². The van der Waals surface area contributed by atoms with Crippen molar-refractivity contribution in [2.75, 3.05) is 26.4 Å². The Labute approximate surface area is 168 Å². The van der Waals surface area contributed by atoms with E-state index in [1.165, 1.54) is 22.3 Å². The first-order valence-electron chi connectivity index (χ1n) is 10.3. The van der Waals surface area contributed by atoms with Gasteiger partial charge in [-0.2, -0.15) is 0 Å². The third kappa shape index (κ3) is 3.92. The predicted octanol–water partition coefficient (Wildman–Crippen LogP) is 3.08. The van der Waals surface area contributed by atoms with Crippen LogP contribution < -0.4 is 10.9 Å². The molecule has 4 rings (SSSR count). The highest BCUT2D eigenvalue weighted by Crippen LogP contribution is 2.34. The summed E-state index contributed by atoms with van der Waals surface area (Å²) in [6, 6.07) is 13.2. The Morgan fingerprint density at radius 2 is 0.964 bits per heavy atom. The highest BCUT2D eigenvalue weighted by Gasteiger charge is 2.29. The molecule has 2 heterocycles. The van der Waals surface area contributed by atoms with E-state index in [0.717, 1.165) is 10.9 Å². The average molecular weight is 378 g/mol. The van der Waals surface area contributed by atoms with Gasteiger partial charge < -0.3 is 18.6 Å². The summed E-state index contributed by atoms with van der Waals surface area (Å²) in [6.45, 7) is 11.6. The van der Waals surface area contributed by atoms with Crippen LogP contribution in [0.25, 0.3) is 11.1 Å². The summed E-state index contributed by atoms with van der Waals surface area (Å²) in [7, 11) is -0.481. The van der Waals surface area contributed by atoms with Gasteiger partial charge in [0.1, 0.15) is 0 Å². The molecule has 0 atom stereocenters. The summed E-state index contributed by atoms with van der Waals surface area (Å²) in [6.07, 6.45) is 0. The SMILES string of the molecule is CC(C)c1cc(B2OCCO2)ccc1-c1ccc(B2OCCO2)cc1C(C)C. The van der Waals surface area contributed by atoms with Crippen molar-refractivity contribution in [3.05, 3.63) is 47.5 Å². The van der Waals surface area contributed by atoms with Gasteiger partial charge in [0.25, 0.3) is 0 Å². The molecule has 2 aliphatic heterocycles. The predicted molar refractivity (Wildman–Crippen MR) is 115 cm³/mol. The summed E-state index contributed by atoms with van der Waals surface area (Å²) in [5.74, 6) is 0.801. The van der Waals surface area contributed by atoms with Gasteiger partial charge in [-0.1, -0.05) is 64.1 Å². The van der Waals surface area contributed by atoms with Crippen LogP contribution in [0.4, 0.5) is 0 Å². The Morgan fingerprint density at radius 1 is 0.607 bits per heavy atom. The standard InChI is InChI=1S/C22H28B2O4/c1-15(2)21-13-17(23-25-9-10-26-23)5-7-19(21)20-8-6-18(14-22(20)16(3)4)24-27-11-12-28-24/h5-8,13-16H,9-12H2,1-4H3. The van der Waals surface area contributed by atoms with Crippen molar-refractivity contribution < 1.29 is 18.6 Å². The fraction of sp³-hybridized carbons (Fsp3) is 0.455. The molecule has 0 aliphatic carbocycles. The molecule has 0 spiro atoms. The molecule has 0 amide bonds. The van der Waals surface area contributed by atoms with E-state index in [1.807, 2.05) is 0 Å². The summed E-state index contributed by atoms with van der Waals surface area (Å²) in [5.41, 5.74) is 7.39. The number of hydrogen-bond acceptors (Lipinski definition) is 4. The smallest absolute Gasteiger partial charge is 0.405 e. The fourth-order valence-corrected chi connectivity index (χ4v) is 4.00. The fourth-order valence-electron chi connectivity index (χ4n) is 4.00. The summed E-state index contributed by atoms with van der Waals surface area (Å²) >= 11 is 0. The second-order valence-electron chi connectivity index (χ2n) is 8.15. The van der Waals surface area contributed by atoms with Gasteiger partial charge in [0.2, 0.25) is 0 Å². The lowest BCUT2D eigenvalue weighted by molar-refractivity contribution is 0.365. The number of benzene rings is 2. The highest BCUT2D eigenvalue weighted by molar-refractivity contribution is 6.62. The molecule has 146 valence electrons. The van der Waals surface area contributed by atoms with Crippen LogP contribution in [0.3, 0.4) is 0 Å². The van der Waals surface area contributed by atoms with Crippen molar-refractivity contribution in [2.24, 2.45) is 0 Å². The molecule has 2 aromatic carbocycles. The van der Waals surface area contributed by atoms with Crippen LogP contribution in [0.1, 0.15) is 50.7 Å². The van der Waals surface area contributed by atoms with Gasteiger partial charge in [0.05, 0.1) is 26.4 Å². The van der Waals surface area contributed by atoms with Gasteiger partial charge >= 0.3 is 14.2 Å². The lowest BCUT2D eigenvalue weighted by Gasteiger charge is -2.21. The summed E-state index contributed by atoms with van der Waals surface area (Å²) in [4.78, 5) is 0. The van der Waals surface area contributed by atoms with Crippen LogP contribution in [-0.4, -0.2) is 40.7 Å². The van der Waals surface area contributed by atoms with Gasteiger partial charge in [0, 0.05) is 0 Å². The van der Waals surface area contributed by atoms with Crippen molar-refractivity contribution >= 4 is 25.2 Å². The largest absolute Gasteiger partial charge is 0.494 e. The minimum atomic E-state index is -0.241. The molecule has 2 aliphatic rings. The zero-order valence-corrected chi connectivity index (χ0v) is 17.2. The molecule has 28 heavy (non-hydrogen) atoms. The Hall–Kier alpha value is -1.59. The van der Waals surface area contributed by atoms with E-state index in [2.05, 4.69) is 64.1 Å². The van der Waals surface area contributed by atoms with Crippen LogP contribution in [0, 0.1) is 0 Å². The van der Waals surface area contributed by atoms with E-state index >= 15 is 0 Å². The van der Waals surface area contributed by atoms with Gasteiger partial charge in [-0.05, 0) is 45.0 Å². The van der Waals surface area contributed by atoms with E-state index in [-0.39, 0.29) is 14.2 Å². The molecule has 2 saturated heterocycles. The normalized spacial score (nSPS) is 17.4. The third-order valence-electron chi connectivity index (χ3n) is 5.47. The maximum Gasteiger partial charge on any atom is 0.494 e. The van der Waals surface area contributed by atoms with Crippen LogP contribution in [-0.2, 0) is 18.6 Å². The average Bonchev–Trinajstić information content (AvgIpc) is 3.41. The van der Waals surface area contributed by atoms with Crippen molar-refractivity contribution in [1.29, 1.82) is 0 Å². The maximum absolute atomic E-state index is 5.70. The van der Waals surface area contributed by atoms with Gasteiger partial charge in [-0.3, -0.25) is 0 Å². The Bertz CT molecular complexity index is 756. The van der Waals surface area contributed by atoms with Crippen LogP contribution in [0.2, 0.25) is 0 Å². The molecule has 6 heteroatoms. The monoisotopic (exact) mass is 378 g/mol. The first kappa shape index (κ1) is 19.7. The van der Waals surface area contributed by atoms with Crippen molar-refractivity contribution in [3.63, 3.8) is 0 Å². The molecule has 2 aromatic rings. The van der Waals surface area contributed by atoms with Crippen LogP contribution in [0.15, 0.2) is 36.4 Å². The molecule has 0 saturated carbocycles. The van der Waals surface area contributed by atoms with E-state index in [1.54, 1.807) is 0 Å². The highest BCUT2D eigenvalue weighted by atomic mass is 16.6. The molecule has 0 radical (unpaired) electrons. The van der Waals surface area contributed by atoms with Gasteiger partial charge in [-0.25, -0.2) is 0 Å². The molecule has 0 unspecified atom stereocenters. The zero-order valence-electron chi connectivity index (χ0n) is 17.2. The molecule has 0 aromatic heterocycles. The molecule has 4 nitrogen and oxygen atoms in total. The first-order valence-corrected chi connectivity index (χ1v) is 10.3.